The zero-order valence-electron chi connectivity index (χ0n) is 8.80. The van der Waals surface area contributed by atoms with Gasteiger partial charge in [0.2, 0.25) is 0 Å². The molecule has 0 N–H and O–H groups in total. The average Bonchev–Trinajstić information content (AvgIpc) is 2.32. The molecule has 0 saturated heterocycles. The molecule has 0 aliphatic heterocycles. The Labute approximate surface area is 98.8 Å². The number of pyridine rings is 1. The van der Waals surface area contributed by atoms with Crippen LogP contribution < -0.4 is 15.4 Å². The van der Waals surface area contributed by atoms with Crippen molar-refractivity contribution in [3.63, 3.8) is 0 Å². The second-order valence-corrected chi connectivity index (χ2v) is 3.37. The Morgan fingerprint density at radius 3 is 2.61 bits per heavy atom. The molecule has 7 heteroatoms. The maximum atomic E-state index is 12.2. The Hall–Kier alpha value is -2.44. The average molecular weight is 254 g/mol. The number of benzene rings is 1. The molecule has 0 amide bonds. The van der Waals surface area contributed by atoms with E-state index in [0.717, 1.165) is 0 Å². The summed E-state index contributed by atoms with van der Waals surface area (Å²) >= 11 is 0. The standard InChI is InChI=1S/C11H7F2NO4/c12-11(13)18-14-5-7(10(16)17)9(15)6-3-1-2-4-8(6)14/h1-5,11H,(H,16,17)/p-1. The second-order valence-electron chi connectivity index (χ2n) is 3.37. The molecule has 2 aromatic rings. The van der Waals surface area contributed by atoms with E-state index in [0.29, 0.717) is 10.9 Å². The monoisotopic (exact) mass is 254 g/mol. The third kappa shape index (κ3) is 2.02. The first-order chi connectivity index (χ1) is 8.50. The Bertz CT molecular complexity index is 666. The topological polar surface area (TPSA) is 71.4 Å². The van der Waals surface area contributed by atoms with Crippen LogP contribution >= 0.6 is 0 Å². The van der Waals surface area contributed by atoms with Gasteiger partial charge in [-0.15, -0.1) is 0 Å². The minimum atomic E-state index is -3.15. The van der Waals surface area contributed by atoms with Crippen LogP contribution in [0.1, 0.15) is 10.4 Å². The lowest BCUT2D eigenvalue weighted by atomic mass is 10.1. The fraction of sp³-hybridized carbons (Fsp3) is 0.0909. The van der Waals surface area contributed by atoms with E-state index in [-0.39, 0.29) is 10.9 Å². The number of carbonyl (C=O) groups excluding carboxylic acids is 1. The summed E-state index contributed by atoms with van der Waals surface area (Å²) in [6, 6.07) is 5.66. The summed E-state index contributed by atoms with van der Waals surface area (Å²) in [6.07, 6.45) is 0.673. The second kappa shape index (κ2) is 4.44. The van der Waals surface area contributed by atoms with Crippen molar-refractivity contribution in [2.75, 3.05) is 0 Å². The summed E-state index contributed by atoms with van der Waals surface area (Å²) in [6.45, 7) is -3.15. The summed E-state index contributed by atoms with van der Waals surface area (Å²) in [4.78, 5) is 26.6. The number of aromatic nitrogens is 1. The van der Waals surface area contributed by atoms with Crippen LogP contribution in [0.25, 0.3) is 10.9 Å². The van der Waals surface area contributed by atoms with E-state index in [9.17, 15) is 23.5 Å². The van der Waals surface area contributed by atoms with Gasteiger partial charge in [0.05, 0.1) is 23.2 Å². The van der Waals surface area contributed by atoms with Crippen LogP contribution in [0.3, 0.4) is 0 Å². The molecule has 0 spiro atoms. The van der Waals surface area contributed by atoms with Gasteiger partial charge in [-0.05, 0) is 12.1 Å². The number of fused-ring (bicyclic) bond motifs is 1. The Morgan fingerprint density at radius 2 is 2.00 bits per heavy atom. The molecular weight excluding hydrogens is 248 g/mol. The number of rotatable bonds is 3. The number of aromatic carboxylic acids is 1. The summed E-state index contributed by atoms with van der Waals surface area (Å²) in [5.74, 6) is -1.75. The highest BCUT2D eigenvalue weighted by molar-refractivity contribution is 5.91. The number of hydrogen-bond acceptors (Lipinski definition) is 4. The van der Waals surface area contributed by atoms with E-state index in [1.165, 1.54) is 24.3 Å². The normalized spacial score (nSPS) is 10.8. The molecule has 0 radical (unpaired) electrons. The van der Waals surface area contributed by atoms with Crippen LogP contribution in [0.5, 0.6) is 0 Å². The third-order valence-electron chi connectivity index (χ3n) is 2.29. The molecule has 0 unspecified atom stereocenters. The van der Waals surface area contributed by atoms with Crippen molar-refractivity contribution in [3.8, 4) is 0 Å². The first-order valence-electron chi connectivity index (χ1n) is 4.81. The fourth-order valence-electron chi connectivity index (χ4n) is 1.57. The van der Waals surface area contributed by atoms with Crippen LogP contribution in [0.15, 0.2) is 35.3 Å². The molecule has 0 bridgehead atoms. The Morgan fingerprint density at radius 1 is 1.33 bits per heavy atom. The summed E-state index contributed by atoms with van der Waals surface area (Å²) in [7, 11) is 0. The van der Waals surface area contributed by atoms with Gasteiger partial charge in [-0.2, -0.15) is 13.5 Å². The molecule has 0 fully saturated rings. The smallest absolute Gasteiger partial charge is 0.405 e. The van der Waals surface area contributed by atoms with Gasteiger partial charge in [0.15, 0.2) is 5.43 Å². The molecular formula is C11H6F2NO4-. The van der Waals surface area contributed by atoms with Gasteiger partial charge in [-0.3, -0.25) is 4.79 Å². The van der Waals surface area contributed by atoms with Crippen molar-refractivity contribution in [3.05, 3.63) is 46.2 Å². The van der Waals surface area contributed by atoms with E-state index in [1.54, 1.807) is 0 Å². The number of nitrogens with zero attached hydrogens (tertiary/aromatic N) is 1. The van der Waals surface area contributed by atoms with E-state index < -0.39 is 23.6 Å². The molecule has 1 heterocycles. The van der Waals surface area contributed by atoms with Gasteiger partial charge in [0, 0.05) is 5.39 Å². The summed E-state index contributed by atoms with van der Waals surface area (Å²) in [5.41, 5.74) is -1.50. The number of alkyl halides is 2. The van der Waals surface area contributed by atoms with Gasteiger partial charge in [0.25, 0.3) is 0 Å². The number of hydrogen-bond donors (Lipinski definition) is 0. The van der Waals surface area contributed by atoms with Crippen molar-refractivity contribution >= 4 is 16.9 Å². The third-order valence-corrected chi connectivity index (χ3v) is 2.29. The van der Waals surface area contributed by atoms with Crippen molar-refractivity contribution in [2.24, 2.45) is 0 Å². The minimum Gasteiger partial charge on any atom is -0.545 e. The van der Waals surface area contributed by atoms with Crippen molar-refractivity contribution < 1.29 is 23.5 Å². The number of carboxylic acids is 1. The zero-order valence-corrected chi connectivity index (χ0v) is 8.80. The lowest BCUT2D eigenvalue weighted by Crippen LogP contribution is -2.31. The van der Waals surface area contributed by atoms with Crippen LogP contribution in [-0.2, 0) is 0 Å². The molecule has 0 aliphatic carbocycles. The molecule has 1 aromatic heterocycles. The highest BCUT2D eigenvalue weighted by Gasteiger charge is 2.12. The summed E-state index contributed by atoms with van der Waals surface area (Å²) in [5, 5.41) is 10.7. The van der Waals surface area contributed by atoms with Crippen molar-refractivity contribution in [1.82, 2.24) is 4.73 Å². The lowest BCUT2D eigenvalue weighted by Gasteiger charge is -2.13. The first-order valence-corrected chi connectivity index (χ1v) is 4.81. The number of carboxylic acid groups (broad SMARTS) is 1. The Kier molecular flexibility index (Phi) is 2.97. The van der Waals surface area contributed by atoms with Crippen LogP contribution in [0.4, 0.5) is 8.78 Å². The number of para-hydroxylation sites is 1. The number of carbonyl (C=O) groups is 1. The summed E-state index contributed by atoms with van der Waals surface area (Å²) < 4.78 is 24.9. The van der Waals surface area contributed by atoms with Gasteiger partial charge in [0.1, 0.15) is 0 Å². The zero-order chi connectivity index (χ0) is 13.3. The van der Waals surface area contributed by atoms with E-state index in [4.69, 9.17) is 0 Å². The van der Waals surface area contributed by atoms with Crippen molar-refractivity contribution in [1.29, 1.82) is 0 Å². The molecule has 0 atom stereocenters. The van der Waals surface area contributed by atoms with E-state index in [2.05, 4.69) is 4.84 Å². The molecule has 94 valence electrons. The SMILES string of the molecule is O=C([O-])c1cn(OC(F)F)c2ccccc2c1=O. The van der Waals surface area contributed by atoms with E-state index >= 15 is 0 Å². The predicted molar refractivity (Wildman–Crippen MR) is 55.1 cm³/mol. The highest BCUT2D eigenvalue weighted by Crippen LogP contribution is 2.11. The van der Waals surface area contributed by atoms with Crippen LogP contribution in [0, 0.1) is 0 Å². The van der Waals surface area contributed by atoms with Gasteiger partial charge in [-0.1, -0.05) is 12.1 Å². The predicted octanol–water partition coefficient (Wildman–Crippen LogP) is 0.0162. The van der Waals surface area contributed by atoms with Crippen LogP contribution in [-0.4, -0.2) is 17.3 Å². The Balaban J connectivity index is 2.80. The molecule has 0 saturated carbocycles. The largest absolute Gasteiger partial charge is 0.545 e. The molecule has 1 aromatic carbocycles. The minimum absolute atomic E-state index is 0.0418. The first kappa shape index (κ1) is 12.0. The molecule has 18 heavy (non-hydrogen) atoms. The molecule has 5 nitrogen and oxygen atoms in total. The van der Waals surface area contributed by atoms with E-state index in [1.807, 2.05) is 0 Å². The van der Waals surface area contributed by atoms with Gasteiger partial charge < -0.3 is 14.7 Å². The lowest BCUT2D eigenvalue weighted by molar-refractivity contribution is -0.255. The fourth-order valence-corrected chi connectivity index (χ4v) is 1.57. The quantitative estimate of drug-likeness (QED) is 0.773. The van der Waals surface area contributed by atoms with Crippen molar-refractivity contribution in [2.45, 2.75) is 6.61 Å². The molecule has 0 aliphatic rings. The van der Waals surface area contributed by atoms with Gasteiger partial charge >= 0.3 is 6.61 Å². The highest BCUT2D eigenvalue weighted by atomic mass is 19.3. The maximum Gasteiger partial charge on any atom is 0.405 e. The molecule has 2 rings (SSSR count). The van der Waals surface area contributed by atoms with Gasteiger partial charge in [-0.25, -0.2) is 0 Å². The van der Waals surface area contributed by atoms with Crippen LogP contribution in [0.2, 0.25) is 0 Å². The number of halogens is 2. The maximum absolute atomic E-state index is 12.2.